The highest BCUT2D eigenvalue weighted by molar-refractivity contribution is 5.64. The maximum atomic E-state index is 5.94. The predicted molar refractivity (Wildman–Crippen MR) is 63.4 cm³/mol. The third-order valence-corrected chi connectivity index (χ3v) is 2.45. The Bertz CT molecular complexity index is 515. The summed E-state index contributed by atoms with van der Waals surface area (Å²) in [6.07, 6.45) is 0. The van der Waals surface area contributed by atoms with Crippen molar-refractivity contribution >= 4 is 11.5 Å². The van der Waals surface area contributed by atoms with Crippen LogP contribution in [0.1, 0.15) is 24.3 Å². The molecular weight excluding hydrogens is 220 g/mol. The lowest BCUT2D eigenvalue weighted by atomic mass is 10.4. The summed E-state index contributed by atoms with van der Waals surface area (Å²) in [5.74, 6) is 1.94. The molecule has 92 valence electrons. The highest BCUT2D eigenvalue weighted by atomic mass is 16.5. The normalized spacial score (nSPS) is 10.8. The molecule has 2 heterocycles. The van der Waals surface area contributed by atoms with Gasteiger partial charge in [-0.25, -0.2) is 4.68 Å². The fourth-order valence-corrected chi connectivity index (χ4v) is 1.58. The third kappa shape index (κ3) is 2.22. The Morgan fingerprint density at radius 1 is 1.41 bits per heavy atom. The van der Waals surface area contributed by atoms with E-state index in [1.807, 2.05) is 18.5 Å². The first-order valence-electron chi connectivity index (χ1n) is 5.47. The molecule has 2 aromatic rings. The molecule has 17 heavy (non-hydrogen) atoms. The standard InChI is InChI=1S/C10H16N6O/c1-4-16-10(9(11)6(2)14-16)12-5-8-13-7(3)15-17-8/h12H,4-5,11H2,1-3H3. The van der Waals surface area contributed by atoms with E-state index < -0.39 is 0 Å². The smallest absolute Gasteiger partial charge is 0.245 e. The van der Waals surface area contributed by atoms with Gasteiger partial charge in [-0.15, -0.1) is 0 Å². The lowest BCUT2D eigenvalue weighted by Gasteiger charge is -2.06. The summed E-state index contributed by atoms with van der Waals surface area (Å²) in [7, 11) is 0. The maximum Gasteiger partial charge on any atom is 0.245 e. The van der Waals surface area contributed by atoms with Crippen LogP contribution in [0.2, 0.25) is 0 Å². The minimum Gasteiger partial charge on any atom is -0.394 e. The van der Waals surface area contributed by atoms with Gasteiger partial charge >= 0.3 is 0 Å². The Morgan fingerprint density at radius 2 is 2.18 bits per heavy atom. The Hall–Kier alpha value is -2.05. The van der Waals surface area contributed by atoms with E-state index in [-0.39, 0.29) is 0 Å². The Labute approximate surface area is 99.0 Å². The summed E-state index contributed by atoms with van der Waals surface area (Å²) >= 11 is 0. The summed E-state index contributed by atoms with van der Waals surface area (Å²) in [4.78, 5) is 4.11. The molecule has 0 spiro atoms. The molecule has 0 aliphatic heterocycles. The molecule has 0 amide bonds. The molecule has 0 bridgehead atoms. The van der Waals surface area contributed by atoms with Crippen molar-refractivity contribution in [3.63, 3.8) is 0 Å². The molecule has 2 aromatic heterocycles. The van der Waals surface area contributed by atoms with Crippen molar-refractivity contribution in [2.24, 2.45) is 0 Å². The number of nitrogens with one attached hydrogen (secondary N) is 1. The van der Waals surface area contributed by atoms with Crippen molar-refractivity contribution in [3.05, 3.63) is 17.4 Å². The molecular formula is C10H16N6O. The van der Waals surface area contributed by atoms with Crippen LogP contribution in [0, 0.1) is 13.8 Å². The average molecular weight is 236 g/mol. The van der Waals surface area contributed by atoms with E-state index in [9.17, 15) is 0 Å². The van der Waals surface area contributed by atoms with E-state index in [0.29, 0.717) is 23.9 Å². The zero-order chi connectivity index (χ0) is 12.4. The number of nitrogens with two attached hydrogens (primary N) is 1. The average Bonchev–Trinajstić information content (AvgIpc) is 2.83. The molecule has 0 saturated carbocycles. The van der Waals surface area contributed by atoms with Crippen molar-refractivity contribution in [3.8, 4) is 0 Å². The van der Waals surface area contributed by atoms with Crippen LogP contribution < -0.4 is 11.1 Å². The van der Waals surface area contributed by atoms with Gasteiger partial charge in [-0.3, -0.25) is 0 Å². The zero-order valence-corrected chi connectivity index (χ0v) is 10.2. The van der Waals surface area contributed by atoms with Gasteiger partial charge in [0.05, 0.1) is 17.9 Å². The summed E-state index contributed by atoms with van der Waals surface area (Å²) in [5.41, 5.74) is 7.41. The number of aryl methyl sites for hydroxylation is 3. The van der Waals surface area contributed by atoms with Crippen molar-refractivity contribution in [1.29, 1.82) is 0 Å². The molecule has 0 radical (unpaired) electrons. The van der Waals surface area contributed by atoms with E-state index in [1.54, 1.807) is 6.92 Å². The van der Waals surface area contributed by atoms with Crippen LogP contribution in [-0.4, -0.2) is 19.9 Å². The van der Waals surface area contributed by atoms with Crippen LogP contribution in [-0.2, 0) is 13.1 Å². The van der Waals surface area contributed by atoms with Gasteiger partial charge in [0.2, 0.25) is 5.89 Å². The Balaban J connectivity index is 2.13. The van der Waals surface area contributed by atoms with E-state index >= 15 is 0 Å². The molecule has 7 nitrogen and oxygen atoms in total. The molecule has 3 N–H and O–H groups in total. The molecule has 2 rings (SSSR count). The minimum absolute atomic E-state index is 0.441. The van der Waals surface area contributed by atoms with Crippen LogP contribution in [0.15, 0.2) is 4.52 Å². The van der Waals surface area contributed by atoms with Crippen LogP contribution in [0.25, 0.3) is 0 Å². The second-order valence-corrected chi connectivity index (χ2v) is 3.75. The summed E-state index contributed by atoms with van der Waals surface area (Å²) in [6, 6.07) is 0. The Morgan fingerprint density at radius 3 is 2.76 bits per heavy atom. The highest BCUT2D eigenvalue weighted by Crippen LogP contribution is 2.22. The summed E-state index contributed by atoms with van der Waals surface area (Å²) in [5, 5.41) is 11.2. The van der Waals surface area contributed by atoms with E-state index in [0.717, 1.165) is 18.1 Å². The quantitative estimate of drug-likeness (QED) is 0.825. The lowest BCUT2D eigenvalue weighted by molar-refractivity contribution is 0.379. The Kier molecular flexibility index (Phi) is 2.99. The lowest BCUT2D eigenvalue weighted by Crippen LogP contribution is -2.08. The number of nitrogens with zero attached hydrogens (tertiary/aromatic N) is 4. The second-order valence-electron chi connectivity index (χ2n) is 3.75. The number of anilines is 2. The van der Waals surface area contributed by atoms with Gasteiger partial charge in [0.25, 0.3) is 0 Å². The maximum absolute atomic E-state index is 5.94. The SMILES string of the molecule is CCn1nc(C)c(N)c1NCc1nc(C)no1. The monoisotopic (exact) mass is 236 g/mol. The van der Waals surface area contributed by atoms with Gasteiger partial charge in [-0.2, -0.15) is 10.1 Å². The van der Waals surface area contributed by atoms with Crippen LogP contribution in [0.4, 0.5) is 11.5 Å². The van der Waals surface area contributed by atoms with Crippen molar-refractivity contribution in [1.82, 2.24) is 19.9 Å². The van der Waals surface area contributed by atoms with Crippen LogP contribution in [0.5, 0.6) is 0 Å². The van der Waals surface area contributed by atoms with Gasteiger partial charge in [-0.05, 0) is 20.8 Å². The summed E-state index contributed by atoms with van der Waals surface area (Å²) in [6.45, 7) is 6.86. The number of rotatable bonds is 4. The summed E-state index contributed by atoms with van der Waals surface area (Å²) < 4.78 is 6.83. The first kappa shape index (κ1) is 11.4. The molecule has 0 atom stereocenters. The van der Waals surface area contributed by atoms with Crippen LogP contribution in [0.3, 0.4) is 0 Å². The van der Waals surface area contributed by atoms with Gasteiger partial charge in [0.15, 0.2) is 5.82 Å². The topological polar surface area (TPSA) is 94.8 Å². The number of aromatic nitrogens is 4. The number of hydrogen-bond acceptors (Lipinski definition) is 6. The second kappa shape index (κ2) is 4.44. The first-order chi connectivity index (χ1) is 8.11. The molecule has 0 aliphatic rings. The van der Waals surface area contributed by atoms with Crippen molar-refractivity contribution in [2.75, 3.05) is 11.1 Å². The molecule has 0 aromatic carbocycles. The molecule has 7 heteroatoms. The van der Waals surface area contributed by atoms with Crippen molar-refractivity contribution < 1.29 is 4.52 Å². The third-order valence-electron chi connectivity index (χ3n) is 2.45. The minimum atomic E-state index is 0.441. The van der Waals surface area contributed by atoms with Crippen LogP contribution >= 0.6 is 0 Å². The molecule has 0 fully saturated rings. The van der Waals surface area contributed by atoms with E-state index in [1.165, 1.54) is 0 Å². The van der Waals surface area contributed by atoms with E-state index in [4.69, 9.17) is 10.3 Å². The number of nitrogen functional groups attached to an aromatic ring is 1. The van der Waals surface area contributed by atoms with Gasteiger partial charge in [0, 0.05) is 6.54 Å². The largest absolute Gasteiger partial charge is 0.394 e. The van der Waals surface area contributed by atoms with Crippen molar-refractivity contribution in [2.45, 2.75) is 33.9 Å². The zero-order valence-electron chi connectivity index (χ0n) is 10.2. The van der Waals surface area contributed by atoms with E-state index in [2.05, 4.69) is 20.6 Å². The highest BCUT2D eigenvalue weighted by Gasteiger charge is 2.12. The molecule has 0 aliphatic carbocycles. The van der Waals surface area contributed by atoms with Gasteiger partial charge in [0.1, 0.15) is 5.82 Å². The number of hydrogen-bond donors (Lipinski definition) is 2. The first-order valence-corrected chi connectivity index (χ1v) is 5.47. The fourth-order valence-electron chi connectivity index (χ4n) is 1.58. The van der Waals surface area contributed by atoms with Gasteiger partial charge < -0.3 is 15.6 Å². The van der Waals surface area contributed by atoms with Gasteiger partial charge in [-0.1, -0.05) is 5.16 Å². The fraction of sp³-hybridized carbons (Fsp3) is 0.500. The predicted octanol–water partition coefficient (Wildman–Crippen LogP) is 1.10. The molecule has 0 saturated heterocycles. The molecule has 0 unspecified atom stereocenters.